The van der Waals surface area contributed by atoms with Crippen LogP contribution < -0.4 is 0 Å². The van der Waals surface area contributed by atoms with Crippen molar-refractivity contribution >= 4 is 5.57 Å². The van der Waals surface area contributed by atoms with Crippen molar-refractivity contribution in [3.63, 3.8) is 0 Å². The summed E-state index contributed by atoms with van der Waals surface area (Å²) in [5.41, 5.74) is 3.05. The van der Waals surface area contributed by atoms with Gasteiger partial charge in [-0.3, -0.25) is 4.90 Å². The fourth-order valence-electron chi connectivity index (χ4n) is 3.37. The standard InChI is InChI=1S/C21H24FNO/c1-15-10-11-21(24)19(13-15)18(17-8-3-4-9-20(17)22)14-16-7-5-6-12-23(16)2/h3-4,8-11,13-14,16,24H,5-7,12H2,1-2H3/b18-14-. The van der Waals surface area contributed by atoms with Crippen molar-refractivity contribution in [1.82, 2.24) is 4.90 Å². The van der Waals surface area contributed by atoms with E-state index >= 15 is 0 Å². The minimum atomic E-state index is -0.261. The van der Waals surface area contributed by atoms with Gasteiger partial charge in [0, 0.05) is 17.2 Å². The van der Waals surface area contributed by atoms with Crippen LogP contribution in [0.5, 0.6) is 5.75 Å². The molecule has 1 atom stereocenters. The average Bonchev–Trinajstić information content (AvgIpc) is 2.57. The van der Waals surface area contributed by atoms with Crippen molar-refractivity contribution < 1.29 is 9.50 Å². The monoisotopic (exact) mass is 325 g/mol. The van der Waals surface area contributed by atoms with E-state index in [2.05, 4.69) is 18.0 Å². The van der Waals surface area contributed by atoms with E-state index < -0.39 is 0 Å². The van der Waals surface area contributed by atoms with Crippen LogP contribution in [0.25, 0.3) is 5.57 Å². The lowest BCUT2D eigenvalue weighted by Crippen LogP contribution is -2.34. The van der Waals surface area contributed by atoms with Crippen LogP contribution in [0, 0.1) is 12.7 Å². The normalized spacial score (nSPS) is 19.5. The summed E-state index contributed by atoms with van der Waals surface area (Å²) in [4.78, 5) is 2.30. The van der Waals surface area contributed by atoms with Gasteiger partial charge in [0.15, 0.2) is 0 Å². The molecule has 0 saturated carbocycles. The minimum absolute atomic E-state index is 0.188. The average molecular weight is 325 g/mol. The van der Waals surface area contributed by atoms with E-state index in [9.17, 15) is 9.50 Å². The van der Waals surface area contributed by atoms with Gasteiger partial charge in [-0.1, -0.05) is 42.3 Å². The summed E-state index contributed by atoms with van der Waals surface area (Å²) < 4.78 is 14.5. The summed E-state index contributed by atoms with van der Waals surface area (Å²) in [7, 11) is 2.11. The number of piperidine rings is 1. The van der Waals surface area contributed by atoms with Crippen molar-refractivity contribution in [3.8, 4) is 5.75 Å². The van der Waals surface area contributed by atoms with Gasteiger partial charge < -0.3 is 5.11 Å². The Morgan fingerprint density at radius 2 is 1.96 bits per heavy atom. The Hall–Kier alpha value is -2.13. The first-order valence-electron chi connectivity index (χ1n) is 8.53. The molecule has 2 nitrogen and oxygen atoms in total. The van der Waals surface area contributed by atoms with Crippen LogP contribution in [0.15, 0.2) is 48.5 Å². The molecule has 1 saturated heterocycles. The zero-order valence-electron chi connectivity index (χ0n) is 14.3. The third kappa shape index (κ3) is 3.51. The van der Waals surface area contributed by atoms with Gasteiger partial charge in [0.25, 0.3) is 0 Å². The molecular formula is C21H24FNO. The second-order valence-electron chi connectivity index (χ2n) is 6.62. The topological polar surface area (TPSA) is 23.5 Å². The lowest BCUT2D eigenvalue weighted by molar-refractivity contribution is 0.222. The van der Waals surface area contributed by atoms with Gasteiger partial charge in [-0.05, 0) is 57.1 Å². The van der Waals surface area contributed by atoms with Crippen LogP contribution in [0.1, 0.15) is 36.0 Å². The minimum Gasteiger partial charge on any atom is -0.507 e. The van der Waals surface area contributed by atoms with Gasteiger partial charge in [-0.25, -0.2) is 4.39 Å². The Balaban J connectivity index is 2.14. The van der Waals surface area contributed by atoms with E-state index in [1.807, 2.05) is 25.1 Å². The third-order valence-corrected chi connectivity index (χ3v) is 4.79. The van der Waals surface area contributed by atoms with Crippen LogP contribution in [-0.4, -0.2) is 29.6 Å². The molecule has 1 unspecified atom stereocenters. The number of benzene rings is 2. The Kier molecular flexibility index (Phi) is 5.00. The molecule has 2 aromatic rings. The Morgan fingerprint density at radius 3 is 2.71 bits per heavy atom. The van der Waals surface area contributed by atoms with Gasteiger partial charge in [-0.2, -0.15) is 0 Å². The molecule has 1 N–H and O–H groups in total. The summed E-state index contributed by atoms with van der Waals surface area (Å²) in [5, 5.41) is 10.4. The predicted molar refractivity (Wildman–Crippen MR) is 96.6 cm³/mol. The molecule has 0 bridgehead atoms. The number of nitrogens with zero attached hydrogens (tertiary/aromatic N) is 1. The number of phenolic OH excluding ortho intramolecular Hbond substituents is 1. The smallest absolute Gasteiger partial charge is 0.131 e. The number of aromatic hydroxyl groups is 1. The number of hydrogen-bond donors (Lipinski definition) is 1. The summed E-state index contributed by atoms with van der Waals surface area (Å²) in [6.07, 6.45) is 5.55. The van der Waals surface area contributed by atoms with Gasteiger partial charge in [0.1, 0.15) is 11.6 Å². The molecule has 126 valence electrons. The molecule has 3 heteroatoms. The van der Waals surface area contributed by atoms with Gasteiger partial charge in [0.2, 0.25) is 0 Å². The molecule has 1 aliphatic heterocycles. The fraction of sp³-hybridized carbons (Fsp3) is 0.333. The van der Waals surface area contributed by atoms with Gasteiger partial charge in [0.05, 0.1) is 0 Å². The zero-order valence-corrected chi connectivity index (χ0v) is 14.3. The lowest BCUT2D eigenvalue weighted by Gasteiger charge is -2.31. The van der Waals surface area contributed by atoms with Gasteiger partial charge >= 0.3 is 0 Å². The van der Waals surface area contributed by atoms with Crippen molar-refractivity contribution in [3.05, 3.63) is 71.0 Å². The molecule has 0 aromatic heterocycles. The number of phenols is 1. The summed E-state index contributed by atoms with van der Waals surface area (Å²) in [6, 6.07) is 12.5. The summed E-state index contributed by atoms with van der Waals surface area (Å²) in [6.45, 7) is 3.03. The molecule has 24 heavy (non-hydrogen) atoms. The first kappa shape index (κ1) is 16.7. The maximum atomic E-state index is 14.5. The van der Waals surface area contributed by atoms with E-state index in [0.29, 0.717) is 11.1 Å². The predicted octanol–water partition coefficient (Wildman–Crippen LogP) is 4.76. The number of rotatable bonds is 3. The molecule has 0 spiro atoms. The third-order valence-electron chi connectivity index (χ3n) is 4.79. The highest BCUT2D eigenvalue weighted by Crippen LogP contribution is 2.34. The van der Waals surface area contributed by atoms with Crippen LogP contribution in [0.2, 0.25) is 0 Å². The van der Waals surface area contributed by atoms with Gasteiger partial charge in [-0.15, -0.1) is 0 Å². The molecule has 1 heterocycles. The van der Waals surface area contributed by atoms with Crippen LogP contribution in [-0.2, 0) is 0 Å². The van der Waals surface area contributed by atoms with Crippen molar-refractivity contribution in [2.45, 2.75) is 32.2 Å². The van der Waals surface area contributed by atoms with Crippen LogP contribution in [0.4, 0.5) is 4.39 Å². The molecule has 2 aromatic carbocycles. The first-order chi connectivity index (χ1) is 11.6. The number of likely N-dealkylation sites (N-methyl/N-ethyl adjacent to an activating group) is 1. The Bertz CT molecular complexity index is 753. The molecule has 0 radical (unpaired) electrons. The first-order valence-corrected chi connectivity index (χ1v) is 8.53. The van der Waals surface area contributed by atoms with Crippen molar-refractivity contribution in [2.24, 2.45) is 0 Å². The van der Waals surface area contributed by atoms with E-state index in [4.69, 9.17) is 0 Å². The molecule has 0 aliphatic carbocycles. The summed E-state index contributed by atoms with van der Waals surface area (Å²) >= 11 is 0. The van der Waals surface area contributed by atoms with Crippen molar-refractivity contribution in [1.29, 1.82) is 0 Å². The SMILES string of the molecule is Cc1ccc(O)c(/C(=C\C2CCCCN2C)c2ccccc2F)c1. The quantitative estimate of drug-likeness (QED) is 0.880. The van der Waals surface area contributed by atoms with Crippen LogP contribution >= 0.6 is 0 Å². The van der Waals surface area contributed by atoms with E-state index in [-0.39, 0.29) is 17.6 Å². The summed E-state index contributed by atoms with van der Waals surface area (Å²) in [5.74, 6) is -0.0725. The Morgan fingerprint density at radius 1 is 1.17 bits per heavy atom. The van der Waals surface area contributed by atoms with Crippen LogP contribution in [0.3, 0.4) is 0 Å². The Labute approximate surface area is 143 Å². The zero-order chi connectivity index (χ0) is 17.1. The van der Waals surface area contributed by atoms with E-state index in [1.165, 1.54) is 18.9 Å². The number of likely N-dealkylation sites (tertiary alicyclic amines) is 1. The van der Waals surface area contributed by atoms with Crippen molar-refractivity contribution in [2.75, 3.05) is 13.6 Å². The molecular weight excluding hydrogens is 301 g/mol. The second kappa shape index (κ2) is 7.18. The fourth-order valence-corrected chi connectivity index (χ4v) is 3.37. The largest absolute Gasteiger partial charge is 0.507 e. The highest BCUT2D eigenvalue weighted by Gasteiger charge is 2.20. The number of aryl methyl sites for hydroxylation is 1. The second-order valence-corrected chi connectivity index (χ2v) is 6.62. The number of hydrogen-bond acceptors (Lipinski definition) is 2. The number of halogens is 1. The molecule has 1 fully saturated rings. The molecule has 0 amide bonds. The highest BCUT2D eigenvalue weighted by atomic mass is 19.1. The molecule has 1 aliphatic rings. The molecule has 3 rings (SSSR count). The highest BCUT2D eigenvalue weighted by molar-refractivity contribution is 5.83. The maximum Gasteiger partial charge on any atom is 0.131 e. The lowest BCUT2D eigenvalue weighted by atomic mass is 9.91. The van der Waals surface area contributed by atoms with E-state index in [0.717, 1.165) is 24.1 Å². The maximum absolute atomic E-state index is 14.5. The van der Waals surface area contributed by atoms with E-state index in [1.54, 1.807) is 18.2 Å².